The molecule has 1 aromatic carbocycles. The topological polar surface area (TPSA) is 76.2 Å². The standard InChI is InChI=1S/C21H30N2O5S/c1-16-7-2-5-12-23(16)29(25,26)18-9-6-8-17(15-18)20(24)22-11-4-3-10-19(22)21-27-13-14-28-21/h6,8-9,15-16,19,21H,2-5,7,10-14H2,1H3. The van der Waals surface area contributed by atoms with Crippen molar-refractivity contribution < 1.29 is 22.7 Å². The summed E-state index contributed by atoms with van der Waals surface area (Å²) in [7, 11) is -3.61. The maximum absolute atomic E-state index is 13.3. The van der Waals surface area contributed by atoms with E-state index in [1.807, 2.05) is 6.92 Å². The van der Waals surface area contributed by atoms with E-state index in [0.29, 0.717) is 31.9 Å². The number of benzene rings is 1. The molecule has 8 heteroatoms. The number of ether oxygens (including phenoxy) is 2. The van der Waals surface area contributed by atoms with E-state index < -0.39 is 10.0 Å². The van der Waals surface area contributed by atoms with Crippen molar-refractivity contribution in [1.82, 2.24) is 9.21 Å². The third-order valence-electron chi connectivity index (χ3n) is 6.20. The minimum Gasteiger partial charge on any atom is -0.348 e. The molecule has 2 unspecified atom stereocenters. The number of hydrogen-bond acceptors (Lipinski definition) is 5. The minimum atomic E-state index is -3.61. The molecule has 1 amide bonds. The molecule has 3 aliphatic rings. The average Bonchev–Trinajstić information content (AvgIpc) is 3.28. The Balaban J connectivity index is 1.58. The van der Waals surface area contributed by atoms with Crippen LogP contribution in [0.2, 0.25) is 0 Å². The molecule has 3 fully saturated rings. The smallest absolute Gasteiger partial charge is 0.254 e. The molecule has 7 nitrogen and oxygen atoms in total. The van der Waals surface area contributed by atoms with Gasteiger partial charge in [-0.05, 0) is 57.2 Å². The summed E-state index contributed by atoms with van der Waals surface area (Å²) in [6.45, 7) is 4.21. The number of hydrogen-bond donors (Lipinski definition) is 0. The zero-order valence-corrected chi connectivity index (χ0v) is 17.8. The summed E-state index contributed by atoms with van der Waals surface area (Å²) in [5.41, 5.74) is 0.403. The van der Waals surface area contributed by atoms with E-state index in [1.165, 1.54) is 6.07 Å². The minimum absolute atomic E-state index is 0.0174. The van der Waals surface area contributed by atoms with E-state index in [-0.39, 0.29) is 29.2 Å². The summed E-state index contributed by atoms with van der Waals surface area (Å²) in [5.74, 6) is -0.155. The van der Waals surface area contributed by atoms with Crippen molar-refractivity contribution in [2.45, 2.75) is 68.7 Å². The predicted molar refractivity (Wildman–Crippen MR) is 108 cm³/mol. The molecule has 0 aromatic heterocycles. The molecule has 0 bridgehead atoms. The molecule has 0 saturated carbocycles. The van der Waals surface area contributed by atoms with Gasteiger partial charge in [0, 0.05) is 24.7 Å². The second kappa shape index (κ2) is 8.71. The van der Waals surface area contributed by atoms with Gasteiger partial charge in [0.2, 0.25) is 10.0 Å². The van der Waals surface area contributed by atoms with Crippen molar-refractivity contribution in [3.63, 3.8) is 0 Å². The molecule has 2 atom stereocenters. The monoisotopic (exact) mass is 422 g/mol. The van der Waals surface area contributed by atoms with Crippen molar-refractivity contribution in [1.29, 1.82) is 0 Å². The van der Waals surface area contributed by atoms with Crippen LogP contribution in [0.25, 0.3) is 0 Å². The van der Waals surface area contributed by atoms with E-state index in [0.717, 1.165) is 38.5 Å². The van der Waals surface area contributed by atoms with Crippen molar-refractivity contribution in [2.75, 3.05) is 26.3 Å². The lowest BCUT2D eigenvalue weighted by molar-refractivity contribution is -0.100. The van der Waals surface area contributed by atoms with E-state index in [1.54, 1.807) is 27.4 Å². The summed E-state index contributed by atoms with van der Waals surface area (Å²) in [6, 6.07) is 6.34. The van der Waals surface area contributed by atoms with Gasteiger partial charge in [0.25, 0.3) is 5.91 Å². The molecule has 3 heterocycles. The van der Waals surface area contributed by atoms with E-state index >= 15 is 0 Å². The quantitative estimate of drug-likeness (QED) is 0.746. The van der Waals surface area contributed by atoms with Crippen LogP contribution >= 0.6 is 0 Å². The lowest BCUT2D eigenvalue weighted by Gasteiger charge is -2.38. The second-order valence-corrected chi connectivity index (χ2v) is 10.1. The third kappa shape index (κ3) is 4.21. The molecule has 0 N–H and O–H groups in total. The van der Waals surface area contributed by atoms with E-state index in [9.17, 15) is 13.2 Å². The summed E-state index contributed by atoms with van der Waals surface area (Å²) in [6.07, 6.45) is 5.19. The van der Waals surface area contributed by atoms with Crippen LogP contribution in [-0.4, -0.2) is 68.2 Å². The Morgan fingerprint density at radius 2 is 1.76 bits per heavy atom. The van der Waals surface area contributed by atoms with Crippen LogP contribution in [0.4, 0.5) is 0 Å². The highest BCUT2D eigenvalue weighted by Gasteiger charge is 2.37. The van der Waals surface area contributed by atoms with Gasteiger partial charge >= 0.3 is 0 Å². The second-order valence-electron chi connectivity index (χ2n) is 8.16. The Morgan fingerprint density at radius 1 is 1.03 bits per heavy atom. The number of nitrogens with zero attached hydrogens (tertiary/aromatic N) is 2. The van der Waals surface area contributed by atoms with E-state index in [4.69, 9.17) is 9.47 Å². The van der Waals surface area contributed by atoms with Crippen LogP contribution in [-0.2, 0) is 19.5 Å². The summed E-state index contributed by atoms with van der Waals surface area (Å²) in [5, 5.41) is 0. The normalized spacial score (nSPS) is 27.3. The molecule has 0 aliphatic carbocycles. The molecule has 1 aromatic rings. The number of piperidine rings is 2. The molecular weight excluding hydrogens is 392 g/mol. The first kappa shape index (κ1) is 20.8. The fourth-order valence-corrected chi connectivity index (χ4v) is 6.36. The van der Waals surface area contributed by atoms with Gasteiger partial charge in [-0.1, -0.05) is 12.5 Å². The van der Waals surface area contributed by atoms with Gasteiger partial charge in [0.05, 0.1) is 24.2 Å². The van der Waals surface area contributed by atoms with Gasteiger partial charge in [0.15, 0.2) is 6.29 Å². The van der Waals surface area contributed by atoms with Crippen LogP contribution in [0.3, 0.4) is 0 Å². The maximum atomic E-state index is 13.3. The van der Waals surface area contributed by atoms with Gasteiger partial charge in [-0.25, -0.2) is 8.42 Å². The highest BCUT2D eigenvalue weighted by molar-refractivity contribution is 7.89. The van der Waals surface area contributed by atoms with Crippen molar-refractivity contribution in [3.05, 3.63) is 29.8 Å². The van der Waals surface area contributed by atoms with Crippen LogP contribution in [0, 0.1) is 0 Å². The fraction of sp³-hybridized carbons (Fsp3) is 0.667. The largest absolute Gasteiger partial charge is 0.348 e. The molecule has 3 saturated heterocycles. The number of rotatable bonds is 4. The first-order chi connectivity index (χ1) is 14.0. The lowest BCUT2D eigenvalue weighted by Crippen LogP contribution is -2.50. The number of likely N-dealkylation sites (tertiary alicyclic amines) is 1. The maximum Gasteiger partial charge on any atom is 0.254 e. The number of sulfonamides is 1. The van der Waals surface area contributed by atoms with Crippen LogP contribution in [0.1, 0.15) is 55.8 Å². The molecule has 4 rings (SSSR count). The zero-order valence-electron chi connectivity index (χ0n) is 17.0. The molecule has 0 spiro atoms. The average molecular weight is 423 g/mol. The molecular formula is C21H30N2O5S. The summed E-state index contributed by atoms with van der Waals surface area (Å²) in [4.78, 5) is 15.3. The summed E-state index contributed by atoms with van der Waals surface area (Å²) < 4.78 is 39.3. The highest BCUT2D eigenvalue weighted by atomic mass is 32.2. The predicted octanol–water partition coefficient (Wildman–Crippen LogP) is 2.62. The number of carbonyl (C=O) groups excluding carboxylic acids is 1. The fourth-order valence-electron chi connectivity index (χ4n) is 4.61. The van der Waals surface area contributed by atoms with Gasteiger partial charge in [-0.15, -0.1) is 0 Å². The third-order valence-corrected chi connectivity index (χ3v) is 8.21. The Kier molecular flexibility index (Phi) is 6.24. The van der Waals surface area contributed by atoms with Crippen molar-refractivity contribution in [2.24, 2.45) is 0 Å². The Bertz CT molecular complexity index is 837. The van der Waals surface area contributed by atoms with Crippen LogP contribution in [0.5, 0.6) is 0 Å². The summed E-state index contributed by atoms with van der Waals surface area (Å²) >= 11 is 0. The first-order valence-electron chi connectivity index (χ1n) is 10.6. The lowest BCUT2D eigenvalue weighted by atomic mass is 10.00. The molecule has 29 heavy (non-hydrogen) atoms. The van der Waals surface area contributed by atoms with Gasteiger partial charge in [0.1, 0.15) is 0 Å². The highest BCUT2D eigenvalue weighted by Crippen LogP contribution is 2.28. The molecule has 160 valence electrons. The number of carbonyl (C=O) groups is 1. The zero-order chi connectivity index (χ0) is 20.4. The Hall–Kier alpha value is -1.48. The Morgan fingerprint density at radius 3 is 2.52 bits per heavy atom. The Labute approximate surface area is 173 Å². The number of amides is 1. The van der Waals surface area contributed by atoms with Crippen molar-refractivity contribution >= 4 is 15.9 Å². The van der Waals surface area contributed by atoms with E-state index in [2.05, 4.69) is 0 Å². The van der Waals surface area contributed by atoms with Gasteiger partial charge < -0.3 is 14.4 Å². The van der Waals surface area contributed by atoms with Gasteiger partial charge in [-0.3, -0.25) is 4.79 Å². The van der Waals surface area contributed by atoms with Crippen LogP contribution < -0.4 is 0 Å². The molecule has 3 aliphatic heterocycles. The van der Waals surface area contributed by atoms with Crippen LogP contribution in [0.15, 0.2) is 29.2 Å². The SMILES string of the molecule is CC1CCCCN1S(=O)(=O)c1cccc(C(=O)N2CCCCC2C2OCCO2)c1. The molecule has 0 radical (unpaired) electrons. The first-order valence-corrected chi connectivity index (χ1v) is 12.1. The van der Waals surface area contributed by atoms with Gasteiger partial charge in [-0.2, -0.15) is 4.31 Å². The van der Waals surface area contributed by atoms with Crippen molar-refractivity contribution in [3.8, 4) is 0 Å².